The van der Waals surface area contributed by atoms with Crippen LogP contribution in [0.5, 0.6) is 0 Å². The molecule has 0 heterocycles. The molecule has 2 unspecified atom stereocenters. The van der Waals surface area contributed by atoms with Gasteiger partial charge in [0.2, 0.25) is 0 Å². The fraction of sp³-hybridized carbons (Fsp3) is 0.462. The molecule has 0 saturated carbocycles. The van der Waals surface area contributed by atoms with Crippen molar-refractivity contribution in [1.82, 2.24) is 0 Å². The summed E-state index contributed by atoms with van der Waals surface area (Å²) in [6.45, 7) is 0. The molecule has 0 radical (unpaired) electrons. The van der Waals surface area contributed by atoms with E-state index in [1.165, 1.54) is 7.11 Å². The predicted molar refractivity (Wildman–Crippen MR) is 83.0 cm³/mol. The van der Waals surface area contributed by atoms with E-state index < -0.39 is 6.10 Å². The third kappa shape index (κ3) is 4.85. The number of rotatable bonds is 6. The number of aliphatic hydroxyl groups excluding tert-OH is 1. The lowest BCUT2D eigenvalue weighted by molar-refractivity contribution is -0.142. The maximum atomic E-state index is 11.8. The Morgan fingerprint density at radius 2 is 2.22 bits per heavy atom. The van der Waals surface area contributed by atoms with Crippen molar-refractivity contribution in [3.63, 3.8) is 0 Å². The second-order valence-corrected chi connectivity index (χ2v) is 5.91. The monoisotopic (exact) mass is 426 g/mol. The molecule has 0 saturated heterocycles. The Balaban J connectivity index is 2.81. The van der Waals surface area contributed by atoms with Crippen LogP contribution in [0, 0.1) is 3.57 Å². The van der Waals surface area contributed by atoms with Crippen molar-refractivity contribution in [3.8, 4) is 0 Å². The van der Waals surface area contributed by atoms with E-state index in [0.29, 0.717) is 18.2 Å². The number of alkyl halides is 1. The molecule has 1 aromatic carbocycles. The Morgan fingerprint density at radius 3 is 2.78 bits per heavy atom. The number of halogens is 2. The van der Waals surface area contributed by atoms with Gasteiger partial charge < -0.3 is 9.84 Å². The zero-order valence-corrected chi connectivity index (χ0v) is 13.8. The van der Waals surface area contributed by atoms with Gasteiger partial charge in [-0.05, 0) is 53.1 Å². The summed E-state index contributed by atoms with van der Waals surface area (Å²) in [4.78, 5) is 11.8. The quantitative estimate of drug-likeness (QED) is 0.432. The van der Waals surface area contributed by atoms with Crippen molar-refractivity contribution in [3.05, 3.63) is 33.4 Å². The number of hydrogen-bond acceptors (Lipinski definition) is 3. The topological polar surface area (TPSA) is 46.5 Å². The van der Waals surface area contributed by atoms with Crippen LogP contribution >= 0.6 is 38.5 Å². The first-order chi connectivity index (χ1) is 8.58. The fourth-order valence-electron chi connectivity index (χ4n) is 1.72. The van der Waals surface area contributed by atoms with E-state index in [1.54, 1.807) is 0 Å². The number of ether oxygens (including phenoxy) is 1. The van der Waals surface area contributed by atoms with Gasteiger partial charge in [0, 0.05) is 8.90 Å². The minimum Gasteiger partial charge on any atom is -0.469 e. The maximum absolute atomic E-state index is 11.8. The summed E-state index contributed by atoms with van der Waals surface area (Å²) in [5.41, 5.74) is 0.940. The van der Waals surface area contributed by atoms with E-state index in [9.17, 15) is 9.90 Å². The molecule has 0 bridgehead atoms. The SMILES string of the molecule is COC(=O)C(CCC(O)CBr)c1cccc(I)c1. The molecule has 0 fully saturated rings. The Labute approximate surface area is 129 Å². The van der Waals surface area contributed by atoms with E-state index in [2.05, 4.69) is 38.5 Å². The molecular formula is C13H16BrIO3. The predicted octanol–water partition coefficient (Wildman–Crippen LogP) is 3.08. The number of carbonyl (C=O) groups is 1. The molecule has 5 heteroatoms. The van der Waals surface area contributed by atoms with E-state index >= 15 is 0 Å². The lowest BCUT2D eigenvalue weighted by Gasteiger charge is -2.16. The Hall–Kier alpha value is -0.140. The normalized spacial score (nSPS) is 14.0. The van der Waals surface area contributed by atoms with Crippen molar-refractivity contribution in [1.29, 1.82) is 0 Å². The van der Waals surface area contributed by atoms with Crippen LogP contribution in [0.2, 0.25) is 0 Å². The standard InChI is InChI=1S/C13H16BrIO3/c1-18-13(17)12(6-5-11(16)8-14)9-3-2-4-10(15)7-9/h2-4,7,11-12,16H,5-6,8H2,1H3. The van der Waals surface area contributed by atoms with Crippen LogP contribution in [0.15, 0.2) is 24.3 Å². The molecule has 0 amide bonds. The van der Waals surface area contributed by atoms with Crippen LogP contribution in [-0.4, -0.2) is 29.6 Å². The van der Waals surface area contributed by atoms with Crippen LogP contribution in [0.3, 0.4) is 0 Å². The molecule has 100 valence electrons. The summed E-state index contributed by atoms with van der Waals surface area (Å²) in [6.07, 6.45) is 0.718. The van der Waals surface area contributed by atoms with E-state index in [-0.39, 0.29) is 11.9 Å². The number of hydrogen-bond donors (Lipinski definition) is 1. The van der Waals surface area contributed by atoms with Crippen molar-refractivity contribution in [2.75, 3.05) is 12.4 Å². The summed E-state index contributed by atoms with van der Waals surface area (Å²) >= 11 is 5.43. The van der Waals surface area contributed by atoms with Gasteiger partial charge in [0.1, 0.15) is 0 Å². The highest BCUT2D eigenvalue weighted by Gasteiger charge is 2.22. The van der Waals surface area contributed by atoms with Gasteiger partial charge in [-0.25, -0.2) is 0 Å². The van der Waals surface area contributed by atoms with Crippen LogP contribution in [0.4, 0.5) is 0 Å². The van der Waals surface area contributed by atoms with Gasteiger partial charge in [-0.3, -0.25) is 4.79 Å². The van der Waals surface area contributed by atoms with Crippen molar-refractivity contribution in [2.24, 2.45) is 0 Å². The molecule has 1 N–H and O–H groups in total. The largest absolute Gasteiger partial charge is 0.469 e. The molecule has 0 aromatic heterocycles. The van der Waals surface area contributed by atoms with Gasteiger partial charge in [-0.2, -0.15) is 0 Å². The van der Waals surface area contributed by atoms with Crippen molar-refractivity contribution < 1.29 is 14.6 Å². The first-order valence-corrected chi connectivity index (χ1v) is 7.85. The van der Waals surface area contributed by atoms with Gasteiger partial charge in [-0.15, -0.1) is 0 Å². The zero-order chi connectivity index (χ0) is 13.5. The molecule has 0 aliphatic rings. The molecule has 0 spiro atoms. The van der Waals surface area contributed by atoms with Crippen LogP contribution in [0.25, 0.3) is 0 Å². The third-order valence-corrected chi connectivity index (χ3v) is 4.12. The number of esters is 1. The maximum Gasteiger partial charge on any atom is 0.313 e. The van der Waals surface area contributed by atoms with Crippen LogP contribution in [0.1, 0.15) is 24.3 Å². The average Bonchev–Trinajstić information content (AvgIpc) is 2.38. The van der Waals surface area contributed by atoms with Crippen LogP contribution in [-0.2, 0) is 9.53 Å². The fourth-order valence-corrected chi connectivity index (χ4v) is 2.61. The Bertz CT molecular complexity index is 398. The summed E-state index contributed by atoms with van der Waals surface area (Å²) in [6, 6.07) is 7.80. The minimum atomic E-state index is -0.431. The molecule has 0 aliphatic carbocycles. The summed E-state index contributed by atoms with van der Waals surface area (Å²) in [5, 5.41) is 10.1. The van der Waals surface area contributed by atoms with Gasteiger partial charge in [0.15, 0.2) is 0 Å². The molecule has 1 aromatic rings. The highest BCUT2D eigenvalue weighted by Crippen LogP contribution is 2.25. The van der Waals surface area contributed by atoms with Crippen molar-refractivity contribution in [2.45, 2.75) is 24.9 Å². The van der Waals surface area contributed by atoms with Gasteiger partial charge >= 0.3 is 5.97 Å². The second kappa shape index (κ2) is 8.12. The molecule has 18 heavy (non-hydrogen) atoms. The highest BCUT2D eigenvalue weighted by molar-refractivity contribution is 14.1. The number of aliphatic hydroxyl groups is 1. The van der Waals surface area contributed by atoms with Gasteiger partial charge in [0.05, 0.1) is 19.1 Å². The summed E-state index contributed by atoms with van der Waals surface area (Å²) < 4.78 is 5.92. The van der Waals surface area contributed by atoms with Crippen LogP contribution < -0.4 is 0 Å². The van der Waals surface area contributed by atoms with Gasteiger partial charge in [-0.1, -0.05) is 28.1 Å². The molecular weight excluding hydrogens is 411 g/mol. The van der Waals surface area contributed by atoms with E-state index in [4.69, 9.17) is 4.74 Å². The Kier molecular flexibility index (Phi) is 7.18. The third-order valence-electron chi connectivity index (χ3n) is 2.70. The average molecular weight is 427 g/mol. The van der Waals surface area contributed by atoms with Crippen molar-refractivity contribution >= 4 is 44.5 Å². The first-order valence-electron chi connectivity index (χ1n) is 5.65. The Morgan fingerprint density at radius 1 is 1.50 bits per heavy atom. The number of methoxy groups -OCH3 is 1. The van der Waals surface area contributed by atoms with E-state index in [0.717, 1.165) is 9.13 Å². The van der Waals surface area contributed by atoms with E-state index in [1.807, 2.05) is 24.3 Å². The molecule has 2 atom stereocenters. The minimum absolute atomic E-state index is 0.251. The first kappa shape index (κ1) is 15.9. The lowest BCUT2D eigenvalue weighted by atomic mass is 9.93. The van der Waals surface area contributed by atoms with Gasteiger partial charge in [0.25, 0.3) is 0 Å². The summed E-state index contributed by atoms with van der Waals surface area (Å²) in [5.74, 6) is -0.558. The zero-order valence-electron chi connectivity index (χ0n) is 10.1. The second-order valence-electron chi connectivity index (χ2n) is 4.02. The highest BCUT2D eigenvalue weighted by atomic mass is 127. The molecule has 3 nitrogen and oxygen atoms in total. The lowest BCUT2D eigenvalue weighted by Crippen LogP contribution is -2.18. The molecule has 0 aliphatic heterocycles. The summed E-state index contributed by atoms with van der Waals surface area (Å²) in [7, 11) is 1.39. The molecule has 1 rings (SSSR count). The number of carbonyl (C=O) groups excluding carboxylic acids is 1. The smallest absolute Gasteiger partial charge is 0.313 e. The number of benzene rings is 1.